The number of carbonyl (C=O) groups is 1. The van der Waals surface area contributed by atoms with Crippen LogP contribution in [0.4, 0.5) is 51.1 Å². The van der Waals surface area contributed by atoms with E-state index < -0.39 is 59.7 Å². The summed E-state index contributed by atoms with van der Waals surface area (Å²) in [5, 5.41) is 11.9. The third kappa shape index (κ3) is 7.84. The fourth-order valence-electron chi connectivity index (χ4n) is 5.54. The van der Waals surface area contributed by atoms with E-state index in [9.17, 15) is 44.3 Å². The van der Waals surface area contributed by atoms with E-state index >= 15 is 0 Å². The summed E-state index contributed by atoms with van der Waals surface area (Å²) >= 11 is 0. The van der Waals surface area contributed by atoms with Crippen LogP contribution in [0, 0.1) is 12.8 Å². The SMILES string of the molecule is CCOC(=O)C(C)CN1CCCC(N(Cc2cc(C(F)(F)F)cc(C(F)(F)F)c2)c2nnn(C)n2)c2cc(C)c(C(F)(F)F)cc21. The number of esters is 1. The highest BCUT2D eigenvalue weighted by Gasteiger charge is 2.39. The number of aryl methyl sites for hydroxylation is 2. The predicted octanol–water partition coefficient (Wildman–Crippen LogP) is 7.12. The van der Waals surface area contributed by atoms with E-state index in [1.54, 1.807) is 18.7 Å². The number of nitrogens with zero attached hydrogens (tertiary/aromatic N) is 6. The highest BCUT2D eigenvalue weighted by atomic mass is 19.4. The van der Waals surface area contributed by atoms with Gasteiger partial charge in [0, 0.05) is 25.3 Å². The molecule has 2 heterocycles. The number of rotatable bonds is 8. The third-order valence-corrected chi connectivity index (χ3v) is 7.60. The maximum atomic E-state index is 14.1. The van der Waals surface area contributed by atoms with E-state index in [0.29, 0.717) is 24.1 Å². The van der Waals surface area contributed by atoms with Gasteiger partial charge in [0.05, 0.1) is 42.3 Å². The van der Waals surface area contributed by atoms with Crippen molar-refractivity contribution < 1.29 is 49.0 Å². The summed E-state index contributed by atoms with van der Waals surface area (Å²) in [4.78, 5) is 16.4. The van der Waals surface area contributed by atoms with Gasteiger partial charge < -0.3 is 14.5 Å². The van der Waals surface area contributed by atoms with Gasteiger partial charge in [0.1, 0.15) is 0 Å². The monoisotopic (exact) mass is 666 g/mol. The van der Waals surface area contributed by atoms with E-state index in [1.807, 2.05) is 0 Å². The molecule has 252 valence electrons. The maximum Gasteiger partial charge on any atom is 0.416 e. The van der Waals surface area contributed by atoms with Crippen molar-refractivity contribution in [3.05, 3.63) is 63.7 Å². The molecular weight excluding hydrogens is 635 g/mol. The highest BCUT2D eigenvalue weighted by Crippen LogP contribution is 2.44. The summed E-state index contributed by atoms with van der Waals surface area (Å²) in [6.45, 7) is 4.16. The van der Waals surface area contributed by atoms with Crippen LogP contribution >= 0.6 is 0 Å². The van der Waals surface area contributed by atoms with E-state index in [2.05, 4.69) is 15.4 Å². The largest absolute Gasteiger partial charge is 0.466 e. The molecule has 2 aromatic carbocycles. The van der Waals surface area contributed by atoms with Crippen molar-refractivity contribution in [2.24, 2.45) is 13.0 Å². The van der Waals surface area contributed by atoms with E-state index in [0.717, 1.165) is 10.9 Å². The standard InChI is InChI=1S/C29H31F9N6O2/c1-5-46-25(45)17(3)14-43-8-6-7-23(21-9-16(2)22(13-24(21)43)29(36,37)38)44(26-39-41-42(4)40-26)15-18-10-19(27(30,31)32)12-20(11-18)28(33,34)35/h9-13,17,23H,5-8,14-15H2,1-4H3. The van der Waals surface area contributed by atoms with Gasteiger partial charge in [-0.3, -0.25) is 4.79 Å². The fourth-order valence-corrected chi connectivity index (χ4v) is 5.54. The van der Waals surface area contributed by atoms with Crippen LogP contribution in [-0.2, 0) is 41.7 Å². The molecule has 1 aliphatic rings. The van der Waals surface area contributed by atoms with Crippen molar-refractivity contribution in [2.75, 3.05) is 29.5 Å². The van der Waals surface area contributed by atoms with Crippen molar-refractivity contribution in [1.29, 1.82) is 0 Å². The summed E-state index contributed by atoms with van der Waals surface area (Å²) in [6.07, 6.45) is -14.4. The number of tetrazole rings is 1. The van der Waals surface area contributed by atoms with Gasteiger partial charge in [-0.15, -0.1) is 5.10 Å². The Morgan fingerprint density at radius 2 is 1.63 bits per heavy atom. The highest BCUT2D eigenvalue weighted by molar-refractivity contribution is 5.73. The minimum Gasteiger partial charge on any atom is -0.466 e. The quantitative estimate of drug-likeness (QED) is 0.187. The second kappa shape index (κ2) is 13.0. The molecule has 0 spiro atoms. The summed E-state index contributed by atoms with van der Waals surface area (Å²) in [7, 11) is 1.40. The number of benzene rings is 2. The average molecular weight is 667 g/mol. The Labute approximate surface area is 258 Å². The Hall–Kier alpha value is -4.05. The predicted molar refractivity (Wildman–Crippen MR) is 148 cm³/mol. The van der Waals surface area contributed by atoms with Gasteiger partial charge in [0.2, 0.25) is 0 Å². The third-order valence-electron chi connectivity index (χ3n) is 7.60. The van der Waals surface area contributed by atoms with E-state index in [4.69, 9.17) is 4.74 Å². The minimum atomic E-state index is -5.10. The number of carbonyl (C=O) groups excluding carboxylic acids is 1. The molecule has 8 nitrogen and oxygen atoms in total. The topological polar surface area (TPSA) is 76.4 Å². The second-order valence-corrected chi connectivity index (χ2v) is 11.1. The van der Waals surface area contributed by atoms with Crippen LogP contribution in [0.25, 0.3) is 0 Å². The molecule has 0 saturated carbocycles. The zero-order chi connectivity index (χ0) is 34.2. The lowest BCUT2D eigenvalue weighted by Gasteiger charge is -2.33. The molecule has 0 saturated heterocycles. The van der Waals surface area contributed by atoms with Crippen molar-refractivity contribution in [2.45, 2.75) is 64.7 Å². The van der Waals surface area contributed by atoms with Crippen molar-refractivity contribution >= 4 is 17.6 Å². The molecule has 2 unspecified atom stereocenters. The summed E-state index contributed by atoms with van der Waals surface area (Å²) in [5.74, 6) is -1.44. The molecule has 17 heteroatoms. The van der Waals surface area contributed by atoms with Gasteiger partial charge in [-0.25, -0.2) is 0 Å². The molecule has 46 heavy (non-hydrogen) atoms. The number of alkyl halides is 9. The van der Waals surface area contributed by atoms with Crippen LogP contribution < -0.4 is 9.80 Å². The lowest BCUT2D eigenvalue weighted by atomic mass is 9.94. The molecule has 0 fully saturated rings. The molecule has 0 amide bonds. The Bertz CT molecular complexity index is 1520. The van der Waals surface area contributed by atoms with Gasteiger partial charge in [0.25, 0.3) is 5.95 Å². The van der Waals surface area contributed by atoms with Crippen molar-refractivity contribution in [3.63, 3.8) is 0 Å². The number of aromatic nitrogens is 4. The molecule has 1 aliphatic heterocycles. The number of fused-ring (bicyclic) bond motifs is 1. The second-order valence-electron chi connectivity index (χ2n) is 11.1. The molecule has 0 aliphatic carbocycles. The number of hydrogen-bond acceptors (Lipinski definition) is 7. The number of halogens is 9. The van der Waals surface area contributed by atoms with Gasteiger partial charge in [0.15, 0.2) is 0 Å². The molecule has 0 bridgehead atoms. The molecule has 4 rings (SSSR count). The zero-order valence-corrected chi connectivity index (χ0v) is 25.2. The number of anilines is 2. The summed E-state index contributed by atoms with van der Waals surface area (Å²) < 4.78 is 129. The minimum absolute atomic E-state index is 0.00905. The molecule has 2 atom stereocenters. The van der Waals surface area contributed by atoms with E-state index in [1.165, 1.54) is 24.9 Å². The molecule has 1 aromatic heterocycles. The van der Waals surface area contributed by atoms with Crippen molar-refractivity contribution in [3.8, 4) is 0 Å². The van der Waals surface area contributed by atoms with E-state index in [-0.39, 0.29) is 54.9 Å². The normalized spacial score (nSPS) is 16.5. The summed E-state index contributed by atoms with van der Waals surface area (Å²) in [5.41, 5.74) is -4.10. The summed E-state index contributed by atoms with van der Waals surface area (Å²) in [6, 6.07) is 2.53. The van der Waals surface area contributed by atoms with Gasteiger partial charge in [-0.05, 0) is 72.9 Å². The van der Waals surface area contributed by atoms with Crippen LogP contribution in [0.2, 0.25) is 0 Å². The molecule has 0 radical (unpaired) electrons. The van der Waals surface area contributed by atoms with Crippen LogP contribution in [-0.4, -0.2) is 45.9 Å². The van der Waals surface area contributed by atoms with Gasteiger partial charge in [-0.1, -0.05) is 18.1 Å². The number of hydrogen-bond donors (Lipinski definition) is 0. The molecule has 0 N–H and O–H groups in total. The lowest BCUT2D eigenvalue weighted by Crippen LogP contribution is -2.34. The van der Waals surface area contributed by atoms with Crippen molar-refractivity contribution in [1.82, 2.24) is 20.2 Å². The Kier molecular flexibility index (Phi) is 9.83. The fraction of sp³-hybridized carbons (Fsp3) is 0.517. The van der Waals surface area contributed by atoms with Crippen LogP contribution in [0.1, 0.15) is 66.1 Å². The zero-order valence-electron chi connectivity index (χ0n) is 25.2. The average Bonchev–Trinajstić information content (AvgIpc) is 3.30. The molecule has 3 aromatic rings. The first-order valence-corrected chi connectivity index (χ1v) is 14.2. The first kappa shape index (κ1) is 34.8. The maximum absolute atomic E-state index is 14.1. The van der Waals surface area contributed by atoms with Gasteiger partial charge >= 0.3 is 24.5 Å². The Morgan fingerprint density at radius 3 is 2.15 bits per heavy atom. The van der Waals surface area contributed by atoms with Crippen LogP contribution in [0.15, 0.2) is 30.3 Å². The first-order valence-electron chi connectivity index (χ1n) is 14.2. The number of ether oxygens (including phenoxy) is 1. The van der Waals surface area contributed by atoms with Crippen LogP contribution in [0.3, 0.4) is 0 Å². The first-order chi connectivity index (χ1) is 21.3. The smallest absolute Gasteiger partial charge is 0.416 e. The molecular formula is C29H31F9N6O2. The Balaban J connectivity index is 1.89. The van der Waals surface area contributed by atoms with Crippen LogP contribution in [0.5, 0.6) is 0 Å². The van der Waals surface area contributed by atoms with Gasteiger partial charge in [-0.2, -0.15) is 44.3 Å². The lowest BCUT2D eigenvalue weighted by molar-refractivity contribution is -0.147. The Morgan fingerprint density at radius 1 is 1.00 bits per heavy atom.